The molecule has 0 radical (unpaired) electrons. The highest BCUT2D eigenvalue weighted by Crippen LogP contribution is 2.01. The normalized spacial score (nSPS) is 15.3. The highest BCUT2D eigenvalue weighted by atomic mass is 16.5. The lowest BCUT2D eigenvalue weighted by Crippen LogP contribution is -2.33. The van der Waals surface area contributed by atoms with E-state index < -0.39 is 0 Å². The molecule has 3 heteroatoms. The number of ether oxygens (including phenoxy) is 1. The second-order valence-corrected chi connectivity index (χ2v) is 3.19. The summed E-state index contributed by atoms with van der Waals surface area (Å²) in [4.78, 5) is 10.6. The van der Waals surface area contributed by atoms with E-state index in [2.05, 4.69) is 19.2 Å². The van der Waals surface area contributed by atoms with Gasteiger partial charge in [-0.15, -0.1) is 0 Å². The molecule has 2 unspecified atom stereocenters. The number of rotatable bonds is 5. The van der Waals surface area contributed by atoms with Crippen LogP contribution in [0.2, 0.25) is 0 Å². The predicted molar refractivity (Wildman–Crippen MR) is 48.7 cm³/mol. The summed E-state index contributed by atoms with van der Waals surface area (Å²) in [6.45, 7) is 8.28. The Hall–Kier alpha value is -0.570. The van der Waals surface area contributed by atoms with Gasteiger partial charge in [-0.05, 0) is 12.8 Å². The minimum atomic E-state index is -0.170. The van der Waals surface area contributed by atoms with Crippen LogP contribution in [0.5, 0.6) is 0 Å². The fraction of sp³-hybridized carbons (Fsp3) is 0.889. The summed E-state index contributed by atoms with van der Waals surface area (Å²) in [5.74, 6) is 0.507. The SMILES string of the molecule is CCC(C)COC(C)NC(C)=O. The van der Waals surface area contributed by atoms with Crippen molar-refractivity contribution >= 4 is 5.91 Å². The second-order valence-electron chi connectivity index (χ2n) is 3.19. The van der Waals surface area contributed by atoms with Crippen molar-refractivity contribution in [1.82, 2.24) is 5.32 Å². The molecular weight excluding hydrogens is 154 g/mol. The smallest absolute Gasteiger partial charge is 0.218 e. The maximum atomic E-state index is 10.6. The third-order valence-corrected chi connectivity index (χ3v) is 1.73. The van der Waals surface area contributed by atoms with E-state index in [1.165, 1.54) is 6.92 Å². The largest absolute Gasteiger partial charge is 0.359 e. The van der Waals surface area contributed by atoms with Crippen molar-refractivity contribution in [2.75, 3.05) is 6.61 Å². The van der Waals surface area contributed by atoms with E-state index >= 15 is 0 Å². The molecule has 0 saturated heterocycles. The molecule has 0 spiro atoms. The van der Waals surface area contributed by atoms with Gasteiger partial charge < -0.3 is 10.1 Å². The van der Waals surface area contributed by atoms with Gasteiger partial charge in [-0.25, -0.2) is 0 Å². The zero-order valence-corrected chi connectivity index (χ0v) is 8.39. The van der Waals surface area contributed by atoms with Crippen LogP contribution in [0.15, 0.2) is 0 Å². The number of hydrogen-bond acceptors (Lipinski definition) is 2. The Morgan fingerprint density at radius 2 is 2.08 bits per heavy atom. The van der Waals surface area contributed by atoms with Crippen molar-refractivity contribution in [2.45, 2.75) is 40.3 Å². The highest BCUT2D eigenvalue weighted by molar-refractivity contribution is 5.72. The van der Waals surface area contributed by atoms with Crippen molar-refractivity contribution in [3.63, 3.8) is 0 Å². The van der Waals surface area contributed by atoms with Crippen LogP contribution in [-0.4, -0.2) is 18.7 Å². The molecule has 3 nitrogen and oxygen atoms in total. The monoisotopic (exact) mass is 173 g/mol. The topological polar surface area (TPSA) is 38.3 Å². The van der Waals surface area contributed by atoms with Gasteiger partial charge >= 0.3 is 0 Å². The summed E-state index contributed by atoms with van der Waals surface area (Å²) >= 11 is 0. The molecule has 0 bridgehead atoms. The zero-order chi connectivity index (χ0) is 9.56. The van der Waals surface area contributed by atoms with Crippen LogP contribution in [0.25, 0.3) is 0 Å². The third kappa shape index (κ3) is 6.16. The molecule has 0 aliphatic carbocycles. The van der Waals surface area contributed by atoms with Gasteiger partial charge in [0.15, 0.2) is 0 Å². The van der Waals surface area contributed by atoms with Gasteiger partial charge in [-0.3, -0.25) is 4.79 Å². The lowest BCUT2D eigenvalue weighted by molar-refractivity contribution is -0.123. The van der Waals surface area contributed by atoms with Crippen molar-refractivity contribution in [3.8, 4) is 0 Å². The van der Waals surface area contributed by atoms with E-state index in [1.54, 1.807) is 0 Å². The average molecular weight is 173 g/mol. The molecule has 2 atom stereocenters. The fourth-order valence-corrected chi connectivity index (χ4v) is 0.754. The van der Waals surface area contributed by atoms with E-state index in [9.17, 15) is 4.79 Å². The molecule has 0 fully saturated rings. The highest BCUT2D eigenvalue weighted by Gasteiger charge is 2.05. The number of carbonyl (C=O) groups excluding carboxylic acids is 1. The van der Waals surface area contributed by atoms with E-state index in [0.29, 0.717) is 12.5 Å². The number of hydrogen-bond donors (Lipinski definition) is 1. The van der Waals surface area contributed by atoms with Gasteiger partial charge in [0.05, 0.1) is 6.61 Å². The van der Waals surface area contributed by atoms with Crippen LogP contribution >= 0.6 is 0 Å². The molecule has 1 N–H and O–H groups in total. The molecule has 72 valence electrons. The van der Waals surface area contributed by atoms with Crippen LogP contribution in [0.1, 0.15) is 34.1 Å². The van der Waals surface area contributed by atoms with Crippen molar-refractivity contribution in [3.05, 3.63) is 0 Å². The number of nitrogens with one attached hydrogen (secondary N) is 1. The Morgan fingerprint density at radius 3 is 2.50 bits per heavy atom. The minimum Gasteiger partial charge on any atom is -0.359 e. The first-order chi connectivity index (χ1) is 5.56. The average Bonchev–Trinajstić information content (AvgIpc) is 1.99. The molecule has 0 aliphatic heterocycles. The summed E-state index contributed by atoms with van der Waals surface area (Å²) in [6.07, 6.45) is 0.934. The van der Waals surface area contributed by atoms with Crippen LogP contribution < -0.4 is 5.32 Å². The summed E-state index contributed by atoms with van der Waals surface area (Å²) in [6, 6.07) is 0. The zero-order valence-electron chi connectivity index (χ0n) is 8.39. The lowest BCUT2D eigenvalue weighted by atomic mass is 10.1. The van der Waals surface area contributed by atoms with Crippen LogP contribution in [0.3, 0.4) is 0 Å². The van der Waals surface area contributed by atoms with Gasteiger partial charge in [0.25, 0.3) is 0 Å². The Kier molecular flexibility index (Phi) is 5.72. The summed E-state index contributed by atoms with van der Waals surface area (Å²) in [7, 11) is 0. The molecule has 12 heavy (non-hydrogen) atoms. The number of carbonyl (C=O) groups is 1. The van der Waals surface area contributed by atoms with Gasteiger partial charge in [0.2, 0.25) is 5.91 Å². The molecular formula is C9H19NO2. The summed E-state index contributed by atoms with van der Waals surface area (Å²) in [5, 5.41) is 2.66. The number of amides is 1. The van der Waals surface area contributed by atoms with Gasteiger partial charge in [0, 0.05) is 6.92 Å². The lowest BCUT2D eigenvalue weighted by Gasteiger charge is -2.16. The molecule has 1 amide bonds. The Balaban J connectivity index is 3.43. The standard InChI is InChI=1S/C9H19NO2/c1-5-7(2)6-12-9(4)10-8(3)11/h7,9H,5-6H2,1-4H3,(H,10,11). The van der Waals surface area contributed by atoms with Crippen LogP contribution in [0, 0.1) is 5.92 Å². The molecule has 0 aromatic carbocycles. The molecule has 0 rings (SSSR count). The quantitative estimate of drug-likeness (QED) is 0.640. The first kappa shape index (κ1) is 11.4. The molecule has 0 heterocycles. The van der Waals surface area contributed by atoms with Gasteiger partial charge in [-0.1, -0.05) is 20.3 Å². The van der Waals surface area contributed by atoms with E-state index in [1.807, 2.05) is 6.92 Å². The maximum Gasteiger partial charge on any atom is 0.218 e. The minimum absolute atomic E-state index is 0.0494. The van der Waals surface area contributed by atoms with Crippen molar-refractivity contribution < 1.29 is 9.53 Å². The van der Waals surface area contributed by atoms with Gasteiger partial charge in [-0.2, -0.15) is 0 Å². The molecule has 0 aliphatic rings. The summed E-state index contributed by atoms with van der Waals surface area (Å²) in [5.41, 5.74) is 0. The van der Waals surface area contributed by atoms with Crippen molar-refractivity contribution in [2.24, 2.45) is 5.92 Å². The fourth-order valence-electron chi connectivity index (χ4n) is 0.754. The molecule has 0 aromatic heterocycles. The first-order valence-electron chi connectivity index (χ1n) is 4.45. The predicted octanol–water partition coefficient (Wildman–Crippen LogP) is 1.53. The van der Waals surface area contributed by atoms with E-state index in [4.69, 9.17) is 4.74 Å². The van der Waals surface area contributed by atoms with E-state index in [-0.39, 0.29) is 12.1 Å². The summed E-state index contributed by atoms with van der Waals surface area (Å²) < 4.78 is 5.37. The Bertz CT molecular complexity index is 136. The van der Waals surface area contributed by atoms with E-state index in [0.717, 1.165) is 6.42 Å². The Morgan fingerprint density at radius 1 is 1.50 bits per heavy atom. The molecule has 0 saturated carbocycles. The third-order valence-electron chi connectivity index (χ3n) is 1.73. The van der Waals surface area contributed by atoms with Gasteiger partial charge in [0.1, 0.15) is 6.23 Å². The van der Waals surface area contributed by atoms with Crippen LogP contribution in [-0.2, 0) is 9.53 Å². The first-order valence-corrected chi connectivity index (χ1v) is 4.45. The maximum absolute atomic E-state index is 10.6. The second kappa shape index (κ2) is 6.00. The van der Waals surface area contributed by atoms with Crippen LogP contribution in [0.4, 0.5) is 0 Å². The molecule has 0 aromatic rings. The van der Waals surface area contributed by atoms with Crippen molar-refractivity contribution in [1.29, 1.82) is 0 Å². The Labute approximate surface area is 74.5 Å².